The van der Waals surface area contributed by atoms with Gasteiger partial charge < -0.3 is 4.90 Å². The molecule has 2 aromatic carbocycles. The van der Waals surface area contributed by atoms with Crippen molar-refractivity contribution in [2.75, 3.05) is 6.54 Å². The molecule has 0 fully saturated rings. The molecule has 2 nitrogen and oxygen atoms in total. The molecular weight excluding hydrogens is 368 g/mol. The third kappa shape index (κ3) is 3.43. The first kappa shape index (κ1) is 18.7. The third-order valence-electron chi connectivity index (χ3n) is 4.51. The molecule has 0 amide bonds. The van der Waals surface area contributed by atoms with Crippen LogP contribution in [0.25, 0.3) is 0 Å². The molecule has 0 N–H and O–H groups in total. The first-order valence-corrected chi connectivity index (χ1v) is 8.58. The number of halogens is 5. The number of rotatable bonds is 4. The van der Waals surface area contributed by atoms with Crippen molar-refractivity contribution in [2.24, 2.45) is 4.99 Å². The average molecular weight is 385 g/mol. The summed E-state index contributed by atoms with van der Waals surface area (Å²) in [7, 11) is 0. The number of fused-ring (bicyclic) bond motifs is 1. The smallest absolute Gasteiger partial charge is 0.340 e. The van der Waals surface area contributed by atoms with E-state index in [0.29, 0.717) is 34.7 Å². The van der Waals surface area contributed by atoms with Crippen molar-refractivity contribution in [1.29, 1.82) is 0 Å². The van der Waals surface area contributed by atoms with E-state index in [1.54, 1.807) is 18.2 Å². The van der Waals surface area contributed by atoms with Gasteiger partial charge in [-0.2, -0.15) is 13.2 Å². The number of nitrogens with zero attached hydrogens (tertiary/aromatic N) is 2. The number of alkyl halides is 3. The Balaban J connectivity index is 2.27. The highest BCUT2D eigenvalue weighted by Gasteiger charge is 2.46. The van der Waals surface area contributed by atoms with Gasteiger partial charge in [0.15, 0.2) is 0 Å². The standard InChI is InChI=1S/C19H17ClF4N2/c1-2-9-18(13-3-6-15(21)7-4-13)16-10-14(20)5-8-17(16)25-12-26(18)11-19(22,23)24/h3-8,10,12H,2,9,11H2,1H3. The Hall–Kier alpha value is -2.08. The zero-order valence-corrected chi connectivity index (χ0v) is 14.8. The van der Waals surface area contributed by atoms with Gasteiger partial charge in [0, 0.05) is 10.6 Å². The molecule has 1 heterocycles. The van der Waals surface area contributed by atoms with Crippen LogP contribution in [0.4, 0.5) is 23.2 Å². The van der Waals surface area contributed by atoms with E-state index in [2.05, 4.69) is 4.99 Å². The fourth-order valence-corrected chi connectivity index (χ4v) is 3.71. The topological polar surface area (TPSA) is 15.6 Å². The lowest BCUT2D eigenvalue weighted by molar-refractivity contribution is -0.145. The predicted molar refractivity (Wildman–Crippen MR) is 94.5 cm³/mol. The van der Waals surface area contributed by atoms with Crippen LogP contribution in [0.1, 0.15) is 30.9 Å². The molecule has 1 aliphatic rings. The fraction of sp³-hybridized carbons (Fsp3) is 0.316. The first-order chi connectivity index (χ1) is 12.3. The molecule has 0 spiro atoms. The number of benzene rings is 2. The molecular formula is C19H17ClF4N2. The van der Waals surface area contributed by atoms with Crippen molar-refractivity contribution in [3.05, 3.63) is 64.4 Å². The van der Waals surface area contributed by atoms with Gasteiger partial charge in [-0.1, -0.05) is 37.1 Å². The van der Waals surface area contributed by atoms with Crippen LogP contribution in [0.15, 0.2) is 47.5 Å². The van der Waals surface area contributed by atoms with Crippen LogP contribution in [0.2, 0.25) is 5.02 Å². The maximum atomic E-state index is 13.5. The Morgan fingerprint density at radius 1 is 1.12 bits per heavy atom. The van der Waals surface area contributed by atoms with Crippen LogP contribution in [-0.2, 0) is 5.54 Å². The van der Waals surface area contributed by atoms with E-state index >= 15 is 0 Å². The van der Waals surface area contributed by atoms with E-state index in [1.165, 1.54) is 35.5 Å². The Labute approximate surface area is 154 Å². The van der Waals surface area contributed by atoms with Crippen LogP contribution in [0.5, 0.6) is 0 Å². The van der Waals surface area contributed by atoms with Gasteiger partial charge in [-0.05, 0) is 42.3 Å². The second kappa shape index (κ2) is 6.91. The lowest BCUT2D eigenvalue weighted by atomic mass is 9.76. The van der Waals surface area contributed by atoms with Gasteiger partial charge in [-0.25, -0.2) is 9.38 Å². The maximum Gasteiger partial charge on any atom is 0.405 e. The first-order valence-electron chi connectivity index (χ1n) is 8.20. The molecule has 1 atom stereocenters. The number of aliphatic imine (C=N–C) groups is 1. The van der Waals surface area contributed by atoms with Crippen LogP contribution in [0, 0.1) is 5.82 Å². The summed E-state index contributed by atoms with van der Waals surface area (Å²) in [4.78, 5) is 5.37. The molecule has 0 bridgehead atoms. The zero-order valence-electron chi connectivity index (χ0n) is 14.0. The summed E-state index contributed by atoms with van der Waals surface area (Å²) in [6.07, 6.45) is -2.18. The van der Waals surface area contributed by atoms with Crippen molar-refractivity contribution in [1.82, 2.24) is 4.90 Å². The Kier molecular flexibility index (Phi) is 4.97. The predicted octanol–water partition coefficient (Wildman–Crippen LogP) is 6.06. The molecule has 0 aromatic heterocycles. The summed E-state index contributed by atoms with van der Waals surface area (Å²) in [5, 5.41) is 0.412. The quantitative estimate of drug-likeness (QED) is 0.585. The molecule has 138 valence electrons. The molecule has 0 aliphatic carbocycles. The van der Waals surface area contributed by atoms with Gasteiger partial charge in [0.25, 0.3) is 0 Å². The van der Waals surface area contributed by atoms with E-state index in [9.17, 15) is 17.6 Å². The van der Waals surface area contributed by atoms with E-state index in [1.807, 2.05) is 6.92 Å². The van der Waals surface area contributed by atoms with Crippen molar-refractivity contribution in [3.63, 3.8) is 0 Å². The highest BCUT2D eigenvalue weighted by atomic mass is 35.5. The highest BCUT2D eigenvalue weighted by Crippen LogP contribution is 2.47. The molecule has 3 rings (SSSR count). The summed E-state index contributed by atoms with van der Waals surface area (Å²) in [6.45, 7) is 0.729. The summed E-state index contributed by atoms with van der Waals surface area (Å²) < 4.78 is 53.3. The van der Waals surface area contributed by atoms with E-state index < -0.39 is 24.1 Å². The largest absolute Gasteiger partial charge is 0.405 e. The molecule has 0 saturated carbocycles. The average Bonchev–Trinajstić information content (AvgIpc) is 2.57. The summed E-state index contributed by atoms with van der Waals surface area (Å²) in [6, 6.07) is 10.6. The van der Waals surface area contributed by atoms with Crippen molar-refractivity contribution in [2.45, 2.75) is 31.5 Å². The molecule has 0 radical (unpaired) electrons. The Bertz CT molecular complexity index is 817. The van der Waals surface area contributed by atoms with Gasteiger partial charge in [0.05, 0.1) is 17.6 Å². The fourth-order valence-electron chi connectivity index (χ4n) is 3.54. The van der Waals surface area contributed by atoms with Crippen LogP contribution < -0.4 is 0 Å². The van der Waals surface area contributed by atoms with Crippen LogP contribution in [-0.4, -0.2) is 24.0 Å². The SMILES string of the molecule is CCCC1(c2ccc(F)cc2)c2cc(Cl)ccc2N=CN1CC(F)(F)F. The van der Waals surface area contributed by atoms with Gasteiger partial charge in [0.1, 0.15) is 12.4 Å². The summed E-state index contributed by atoms with van der Waals surface area (Å²) in [5.74, 6) is -0.446. The minimum atomic E-state index is -4.42. The van der Waals surface area contributed by atoms with Gasteiger partial charge >= 0.3 is 6.18 Å². The maximum absolute atomic E-state index is 13.5. The minimum Gasteiger partial charge on any atom is -0.340 e. The molecule has 0 saturated heterocycles. The molecule has 1 unspecified atom stereocenters. The van der Waals surface area contributed by atoms with E-state index in [0.717, 1.165) is 0 Å². The molecule has 2 aromatic rings. The van der Waals surface area contributed by atoms with E-state index in [-0.39, 0.29) is 0 Å². The lowest BCUT2D eigenvalue weighted by Gasteiger charge is -2.47. The summed E-state index contributed by atoms with van der Waals surface area (Å²) in [5.41, 5.74) is 0.593. The van der Waals surface area contributed by atoms with Crippen LogP contribution >= 0.6 is 11.6 Å². The highest BCUT2D eigenvalue weighted by molar-refractivity contribution is 6.30. The van der Waals surface area contributed by atoms with Crippen molar-refractivity contribution >= 4 is 23.6 Å². The monoisotopic (exact) mass is 384 g/mol. The summed E-state index contributed by atoms with van der Waals surface area (Å²) >= 11 is 6.14. The van der Waals surface area contributed by atoms with Crippen molar-refractivity contribution in [3.8, 4) is 0 Å². The third-order valence-corrected chi connectivity index (χ3v) is 4.75. The van der Waals surface area contributed by atoms with Gasteiger partial charge in [0.2, 0.25) is 0 Å². The molecule has 1 aliphatic heterocycles. The Morgan fingerprint density at radius 3 is 2.42 bits per heavy atom. The molecule has 7 heteroatoms. The normalized spacial score (nSPS) is 19.5. The molecule has 26 heavy (non-hydrogen) atoms. The van der Waals surface area contributed by atoms with E-state index in [4.69, 9.17) is 11.6 Å². The lowest BCUT2D eigenvalue weighted by Crippen LogP contribution is -2.51. The van der Waals surface area contributed by atoms with Crippen LogP contribution in [0.3, 0.4) is 0 Å². The second-order valence-electron chi connectivity index (χ2n) is 6.27. The number of hydrogen-bond donors (Lipinski definition) is 0. The van der Waals surface area contributed by atoms with Crippen molar-refractivity contribution < 1.29 is 17.6 Å². The zero-order chi connectivity index (χ0) is 18.9. The Morgan fingerprint density at radius 2 is 1.81 bits per heavy atom. The van der Waals surface area contributed by atoms with Gasteiger partial charge in [-0.15, -0.1) is 0 Å². The second-order valence-corrected chi connectivity index (χ2v) is 6.70. The minimum absolute atomic E-state index is 0.397. The van der Waals surface area contributed by atoms with Gasteiger partial charge in [-0.3, -0.25) is 0 Å². The number of hydrogen-bond acceptors (Lipinski definition) is 2.